The zero-order valence-electron chi connectivity index (χ0n) is 14.0. The first-order valence-electron chi connectivity index (χ1n) is 8.11. The molecule has 25 heavy (non-hydrogen) atoms. The number of halogens is 2. The summed E-state index contributed by atoms with van der Waals surface area (Å²) in [5.74, 6) is 1.42. The maximum Gasteiger partial charge on any atom is 0.251 e. The van der Waals surface area contributed by atoms with E-state index in [9.17, 15) is 4.79 Å². The Hall–Kier alpha value is -1.91. The number of carbonyl (C=O) groups excluding carboxylic acids is 1. The number of rotatable bonds is 4. The van der Waals surface area contributed by atoms with E-state index in [-0.39, 0.29) is 17.9 Å². The number of amides is 1. The molecule has 132 valence electrons. The molecule has 1 atom stereocenters. The Kier molecular flexibility index (Phi) is 5.40. The van der Waals surface area contributed by atoms with Gasteiger partial charge in [0, 0.05) is 5.56 Å². The number of nitrogens with one attached hydrogen (secondary N) is 1. The van der Waals surface area contributed by atoms with Crippen molar-refractivity contribution >= 4 is 29.1 Å². The molecule has 0 bridgehead atoms. The molecular weight excluding hydrogens is 361 g/mol. The molecule has 3 rings (SSSR count). The minimum absolute atomic E-state index is 0.169. The van der Waals surface area contributed by atoms with Crippen molar-refractivity contribution in [3.05, 3.63) is 57.6 Å². The molecule has 0 radical (unpaired) electrons. The molecule has 0 spiro atoms. The largest absolute Gasteiger partial charge is 0.486 e. The van der Waals surface area contributed by atoms with Gasteiger partial charge in [0.1, 0.15) is 13.2 Å². The average Bonchev–Trinajstić information content (AvgIpc) is 2.61. The van der Waals surface area contributed by atoms with Gasteiger partial charge in [0.25, 0.3) is 5.91 Å². The molecule has 0 saturated heterocycles. The quantitative estimate of drug-likeness (QED) is 0.822. The van der Waals surface area contributed by atoms with Crippen LogP contribution in [0, 0.1) is 5.92 Å². The van der Waals surface area contributed by atoms with Crippen LogP contribution < -0.4 is 14.8 Å². The van der Waals surface area contributed by atoms with Gasteiger partial charge in [0.05, 0.1) is 16.1 Å². The number of ether oxygens (including phenoxy) is 2. The Morgan fingerprint density at radius 1 is 1.00 bits per heavy atom. The van der Waals surface area contributed by atoms with Crippen LogP contribution in [0.2, 0.25) is 10.0 Å². The highest BCUT2D eigenvalue weighted by Crippen LogP contribution is 2.34. The second kappa shape index (κ2) is 7.54. The molecule has 0 fully saturated rings. The van der Waals surface area contributed by atoms with Crippen molar-refractivity contribution in [2.24, 2.45) is 5.92 Å². The van der Waals surface area contributed by atoms with E-state index in [0.29, 0.717) is 34.6 Å². The van der Waals surface area contributed by atoms with Crippen LogP contribution in [0.5, 0.6) is 11.5 Å². The van der Waals surface area contributed by atoms with Gasteiger partial charge in [0.2, 0.25) is 0 Å². The first-order valence-corrected chi connectivity index (χ1v) is 8.87. The predicted molar refractivity (Wildman–Crippen MR) is 98.9 cm³/mol. The minimum atomic E-state index is -0.202. The molecule has 0 aromatic heterocycles. The third kappa shape index (κ3) is 4.02. The Labute approximate surface area is 157 Å². The Balaban J connectivity index is 1.84. The van der Waals surface area contributed by atoms with Crippen LogP contribution in [0.4, 0.5) is 0 Å². The van der Waals surface area contributed by atoms with Crippen molar-refractivity contribution in [2.75, 3.05) is 13.2 Å². The van der Waals surface area contributed by atoms with Gasteiger partial charge in [-0.2, -0.15) is 0 Å². The predicted octanol–water partition coefficient (Wildman–Crippen LogP) is 4.89. The van der Waals surface area contributed by atoms with E-state index in [0.717, 1.165) is 11.3 Å². The lowest BCUT2D eigenvalue weighted by Crippen LogP contribution is -2.32. The second-order valence-corrected chi connectivity index (χ2v) is 7.04. The summed E-state index contributed by atoms with van der Waals surface area (Å²) in [6.07, 6.45) is 0. The summed E-state index contributed by atoms with van der Waals surface area (Å²) in [5.41, 5.74) is 1.44. The van der Waals surface area contributed by atoms with Gasteiger partial charge in [-0.1, -0.05) is 43.1 Å². The van der Waals surface area contributed by atoms with E-state index in [2.05, 4.69) is 19.2 Å². The fourth-order valence-corrected chi connectivity index (χ4v) is 3.05. The van der Waals surface area contributed by atoms with Crippen molar-refractivity contribution in [3.8, 4) is 11.5 Å². The van der Waals surface area contributed by atoms with E-state index in [1.165, 1.54) is 0 Å². The van der Waals surface area contributed by atoms with Crippen molar-refractivity contribution in [2.45, 2.75) is 19.9 Å². The van der Waals surface area contributed by atoms with Gasteiger partial charge in [-0.05, 0) is 41.8 Å². The number of hydrogen-bond donors (Lipinski definition) is 1. The van der Waals surface area contributed by atoms with E-state index >= 15 is 0 Å². The van der Waals surface area contributed by atoms with E-state index < -0.39 is 0 Å². The summed E-state index contributed by atoms with van der Waals surface area (Å²) in [5, 5.41) is 3.84. The van der Waals surface area contributed by atoms with E-state index in [1.807, 2.05) is 18.2 Å². The highest BCUT2D eigenvalue weighted by atomic mass is 35.5. The summed E-state index contributed by atoms with van der Waals surface area (Å²) >= 11 is 11.9. The Morgan fingerprint density at radius 3 is 2.40 bits per heavy atom. The average molecular weight is 380 g/mol. The molecule has 1 amide bonds. The maximum absolute atomic E-state index is 12.6. The Morgan fingerprint density at radius 2 is 1.72 bits per heavy atom. The van der Waals surface area contributed by atoms with Crippen LogP contribution in [0.1, 0.15) is 35.8 Å². The maximum atomic E-state index is 12.6. The summed E-state index contributed by atoms with van der Waals surface area (Å²) in [6, 6.07) is 10.4. The van der Waals surface area contributed by atoms with Crippen LogP contribution in [-0.2, 0) is 0 Å². The third-order valence-electron chi connectivity index (χ3n) is 4.06. The molecular formula is C19H19Cl2NO3. The molecule has 1 aliphatic rings. The number of fused-ring (bicyclic) bond motifs is 1. The third-order valence-corrected chi connectivity index (χ3v) is 4.80. The lowest BCUT2D eigenvalue weighted by Gasteiger charge is -2.25. The molecule has 4 nitrogen and oxygen atoms in total. The molecule has 1 heterocycles. The van der Waals surface area contributed by atoms with Crippen LogP contribution >= 0.6 is 23.2 Å². The number of benzene rings is 2. The van der Waals surface area contributed by atoms with Crippen LogP contribution in [0.15, 0.2) is 36.4 Å². The molecule has 0 aliphatic carbocycles. The highest BCUT2D eigenvalue weighted by molar-refractivity contribution is 6.42. The van der Waals surface area contributed by atoms with Crippen molar-refractivity contribution < 1.29 is 14.3 Å². The fourth-order valence-electron chi connectivity index (χ4n) is 2.75. The Bertz CT molecular complexity index is 792. The minimum Gasteiger partial charge on any atom is -0.486 e. The van der Waals surface area contributed by atoms with E-state index in [1.54, 1.807) is 18.2 Å². The second-order valence-electron chi connectivity index (χ2n) is 6.23. The van der Waals surface area contributed by atoms with Crippen molar-refractivity contribution in [1.29, 1.82) is 0 Å². The summed E-state index contributed by atoms with van der Waals surface area (Å²) in [6.45, 7) is 5.18. The molecule has 1 N–H and O–H groups in total. The first kappa shape index (κ1) is 17.9. The molecule has 2 aromatic rings. The summed E-state index contributed by atoms with van der Waals surface area (Å²) < 4.78 is 11.2. The fraction of sp³-hybridized carbons (Fsp3) is 0.316. The van der Waals surface area contributed by atoms with Gasteiger partial charge in [-0.15, -0.1) is 0 Å². The van der Waals surface area contributed by atoms with Crippen LogP contribution in [0.25, 0.3) is 0 Å². The molecule has 0 saturated carbocycles. The van der Waals surface area contributed by atoms with Gasteiger partial charge in [0.15, 0.2) is 11.5 Å². The van der Waals surface area contributed by atoms with Gasteiger partial charge in [-0.25, -0.2) is 0 Å². The molecule has 6 heteroatoms. The lowest BCUT2D eigenvalue weighted by atomic mass is 9.95. The lowest BCUT2D eigenvalue weighted by molar-refractivity contribution is 0.0925. The smallest absolute Gasteiger partial charge is 0.251 e. The SMILES string of the molecule is CC(C)[C@@H](NC(=O)c1ccc(Cl)c(Cl)c1)c1ccc2c(c1)OCCO2. The first-order chi connectivity index (χ1) is 12.0. The number of hydrogen-bond acceptors (Lipinski definition) is 3. The van der Waals surface area contributed by atoms with Crippen molar-refractivity contribution in [1.82, 2.24) is 5.32 Å². The van der Waals surface area contributed by atoms with Gasteiger partial charge < -0.3 is 14.8 Å². The van der Waals surface area contributed by atoms with Gasteiger partial charge >= 0.3 is 0 Å². The van der Waals surface area contributed by atoms with E-state index in [4.69, 9.17) is 32.7 Å². The summed E-state index contributed by atoms with van der Waals surface area (Å²) in [7, 11) is 0. The number of carbonyl (C=O) groups is 1. The molecule has 1 aliphatic heterocycles. The monoisotopic (exact) mass is 379 g/mol. The van der Waals surface area contributed by atoms with Gasteiger partial charge in [-0.3, -0.25) is 4.79 Å². The zero-order valence-corrected chi connectivity index (χ0v) is 15.5. The van der Waals surface area contributed by atoms with Crippen LogP contribution in [-0.4, -0.2) is 19.1 Å². The standard InChI is InChI=1S/C19H19Cl2NO3/c1-11(2)18(12-4-6-16-17(10-12)25-8-7-24-16)22-19(23)13-3-5-14(20)15(21)9-13/h3-6,9-11,18H,7-8H2,1-2H3,(H,22,23)/t18-/m1/s1. The van der Waals surface area contributed by atoms with Crippen molar-refractivity contribution in [3.63, 3.8) is 0 Å². The summed E-state index contributed by atoms with van der Waals surface area (Å²) in [4.78, 5) is 12.6. The topological polar surface area (TPSA) is 47.6 Å². The van der Waals surface area contributed by atoms with Crippen LogP contribution in [0.3, 0.4) is 0 Å². The normalized spacial score (nSPS) is 14.3. The molecule has 0 unspecified atom stereocenters. The highest BCUT2D eigenvalue weighted by Gasteiger charge is 2.22. The molecule has 2 aromatic carbocycles. The zero-order chi connectivity index (χ0) is 18.0.